The van der Waals surface area contributed by atoms with E-state index in [1.165, 1.54) is 19.2 Å². The Balaban J connectivity index is 2.29. The third-order valence-corrected chi connectivity index (χ3v) is 2.44. The fourth-order valence-electron chi connectivity index (χ4n) is 1.55. The Labute approximate surface area is 114 Å². The quantitative estimate of drug-likeness (QED) is 0.488. The first-order valence-corrected chi connectivity index (χ1v) is 5.58. The van der Waals surface area contributed by atoms with Gasteiger partial charge in [-0.3, -0.25) is 10.1 Å². The normalized spacial score (nSPS) is 9.90. The van der Waals surface area contributed by atoms with Gasteiger partial charge in [0, 0.05) is 6.07 Å². The van der Waals surface area contributed by atoms with Crippen LogP contribution in [0.5, 0.6) is 17.4 Å². The molecule has 0 saturated heterocycles. The highest BCUT2D eigenvalue weighted by Crippen LogP contribution is 2.32. The SMILES string of the molecule is COc1ccc(Oc2cccc(NN)n2)cc1[N+](=O)[O-]. The molecular formula is C12H12N4O4. The molecule has 3 N–H and O–H groups in total. The molecule has 0 fully saturated rings. The van der Waals surface area contributed by atoms with Gasteiger partial charge >= 0.3 is 5.69 Å². The minimum atomic E-state index is -0.545. The maximum atomic E-state index is 10.9. The lowest BCUT2D eigenvalue weighted by atomic mass is 10.3. The number of nitro benzene ring substituents is 1. The summed E-state index contributed by atoms with van der Waals surface area (Å²) < 4.78 is 10.4. The van der Waals surface area contributed by atoms with Crippen molar-refractivity contribution in [1.29, 1.82) is 0 Å². The highest BCUT2D eigenvalue weighted by Gasteiger charge is 2.16. The number of nitrogen functional groups attached to an aromatic ring is 1. The van der Waals surface area contributed by atoms with Crippen LogP contribution < -0.4 is 20.7 Å². The van der Waals surface area contributed by atoms with E-state index in [0.29, 0.717) is 5.82 Å². The standard InChI is InChI=1S/C12H12N4O4/c1-19-10-6-5-8(7-9(10)16(17)18)20-12-4-2-3-11(14-12)15-13/h2-7H,13H2,1H3,(H,14,15). The van der Waals surface area contributed by atoms with Crippen LogP contribution >= 0.6 is 0 Å². The number of aromatic nitrogens is 1. The van der Waals surface area contributed by atoms with Crippen molar-refractivity contribution in [3.63, 3.8) is 0 Å². The molecule has 0 aliphatic rings. The number of nitrogens with two attached hydrogens (primary N) is 1. The van der Waals surface area contributed by atoms with Crippen LogP contribution in [-0.4, -0.2) is 17.0 Å². The zero-order valence-corrected chi connectivity index (χ0v) is 10.6. The van der Waals surface area contributed by atoms with E-state index >= 15 is 0 Å². The number of hydrogen-bond acceptors (Lipinski definition) is 7. The van der Waals surface area contributed by atoms with E-state index in [4.69, 9.17) is 15.3 Å². The average molecular weight is 276 g/mol. The molecule has 2 aromatic rings. The van der Waals surface area contributed by atoms with Gasteiger partial charge in [0.25, 0.3) is 0 Å². The third kappa shape index (κ3) is 2.93. The summed E-state index contributed by atoms with van der Waals surface area (Å²) in [7, 11) is 1.36. The highest BCUT2D eigenvalue weighted by molar-refractivity contribution is 5.51. The largest absolute Gasteiger partial charge is 0.490 e. The van der Waals surface area contributed by atoms with Gasteiger partial charge < -0.3 is 14.9 Å². The zero-order valence-electron chi connectivity index (χ0n) is 10.6. The van der Waals surface area contributed by atoms with Crippen molar-refractivity contribution in [2.45, 2.75) is 0 Å². The number of nitrogens with one attached hydrogen (secondary N) is 1. The number of nitro groups is 1. The van der Waals surface area contributed by atoms with E-state index in [9.17, 15) is 10.1 Å². The summed E-state index contributed by atoms with van der Waals surface area (Å²) in [4.78, 5) is 14.4. The van der Waals surface area contributed by atoms with Crippen LogP contribution in [0.15, 0.2) is 36.4 Å². The molecule has 20 heavy (non-hydrogen) atoms. The average Bonchev–Trinajstić information content (AvgIpc) is 2.47. The van der Waals surface area contributed by atoms with Gasteiger partial charge in [-0.05, 0) is 18.2 Å². The van der Waals surface area contributed by atoms with Gasteiger partial charge in [-0.2, -0.15) is 4.98 Å². The predicted octanol–water partition coefficient (Wildman–Crippen LogP) is 2.08. The summed E-state index contributed by atoms with van der Waals surface area (Å²) in [6.07, 6.45) is 0. The molecule has 1 aromatic heterocycles. The van der Waals surface area contributed by atoms with Crippen molar-refractivity contribution in [3.8, 4) is 17.4 Å². The third-order valence-electron chi connectivity index (χ3n) is 2.44. The number of rotatable bonds is 5. The van der Waals surface area contributed by atoms with Crippen molar-refractivity contribution in [1.82, 2.24) is 4.98 Å². The number of hydrogen-bond donors (Lipinski definition) is 2. The van der Waals surface area contributed by atoms with Gasteiger partial charge in [0.1, 0.15) is 11.6 Å². The minimum absolute atomic E-state index is 0.160. The van der Waals surface area contributed by atoms with Crippen LogP contribution in [0.2, 0.25) is 0 Å². The summed E-state index contributed by atoms with van der Waals surface area (Å²) in [6.45, 7) is 0. The topological polar surface area (TPSA) is 113 Å². The van der Waals surface area contributed by atoms with E-state index in [-0.39, 0.29) is 23.1 Å². The number of anilines is 1. The fourth-order valence-corrected chi connectivity index (χ4v) is 1.55. The molecule has 0 radical (unpaired) electrons. The summed E-state index contributed by atoms with van der Waals surface area (Å²) in [5.41, 5.74) is 2.20. The Morgan fingerprint density at radius 2 is 2.15 bits per heavy atom. The summed E-state index contributed by atoms with van der Waals surface area (Å²) >= 11 is 0. The maximum Gasteiger partial charge on any atom is 0.314 e. The molecule has 8 heteroatoms. The number of pyridine rings is 1. The molecule has 0 aliphatic carbocycles. The van der Waals surface area contributed by atoms with Gasteiger partial charge in [0.15, 0.2) is 5.75 Å². The number of hydrazine groups is 1. The Hall–Kier alpha value is -2.87. The van der Waals surface area contributed by atoms with E-state index < -0.39 is 4.92 Å². The Bertz CT molecular complexity index is 633. The Morgan fingerprint density at radius 1 is 1.35 bits per heavy atom. The van der Waals surface area contributed by atoms with Crippen molar-refractivity contribution >= 4 is 11.5 Å². The number of benzene rings is 1. The van der Waals surface area contributed by atoms with Crippen LogP contribution in [-0.2, 0) is 0 Å². The molecule has 0 atom stereocenters. The van der Waals surface area contributed by atoms with Crippen LogP contribution in [0.25, 0.3) is 0 Å². The fraction of sp³-hybridized carbons (Fsp3) is 0.0833. The lowest BCUT2D eigenvalue weighted by Gasteiger charge is -2.07. The lowest BCUT2D eigenvalue weighted by Crippen LogP contribution is -2.08. The molecule has 0 spiro atoms. The van der Waals surface area contributed by atoms with Crippen molar-refractivity contribution in [3.05, 3.63) is 46.5 Å². The lowest BCUT2D eigenvalue weighted by molar-refractivity contribution is -0.385. The Kier molecular flexibility index (Phi) is 3.96. The van der Waals surface area contributed by atoms with Crippen molar-refractivity contribution < 1.29 is 14.4 Å². The van der Waals surface area contributed by atoms with Crippen molar-refractivity contribution in [2.24, 2.45) is 5.84 Å². The molecule has 1 aromatic carbocycles. The second kappa shape index (κ2) is 5.85. The van der Waals surface area contributed by atoms with Gasteiger partial charge in [-0.25, -0.2) is 5.84 Å². The molecule has 0 saturated carbocycles. The molecule has 104 valence electrons. The monoisotopic (exact) mass is 276 g/mol. The highest BCUT2D eigenvalue weighted by atomic mass is 16.6. The first kappa shape index (κ1) is 13.6. The molecule has 0 bridgehead atoms. The molecule has 8 nitrogen and oxygen atoms in total. The van der Waals surface area contributed by atoms with Gasteiger partial charge in [-0.1, -0.05) is 6.07 Å². The van der Waals surface area contributed by atoms with Gasteiger partial charge in [0.05, 0.1) is 18.1 Å². The first-order chi connectivity index (χ1) is 9.63. The van der Waals surface area contributed by atoms with Crippen LogP contribution in [0, 0.1) is 10.1 Å². The van der Waals surface area contributed by atoms with E-state index in [0.717, 1.165) is 0 Å². The molecule has 1 heterocycles. The predicted molar refractivity (Wildman–Crippen MR) is 71.8 cm³/mol. The van der Waals surface area contributed by atoms with Gasteiger partial charge in [-0.15, -0.1) is 0 Å². The molecular weight excluding hydrogens is 264 g/mol. The second-order valence-corrected chi connectivity index (χ2v) is 3.70. The number of ether oxygens (including phenoxy) is 2. The maximum absolute atomic E-state index is 10.9. The number of nitrogens with zero attached hydrogens (tertiary/aromatic N) is 2. The van der Waals surface area contributed by atoms with E-state index in [2.05, 4.69) is 10.4 Å². The van der Waals surface area contributed by atoms with Crippen LogP contribution in [0.1, 0.15) is 0 Å². The van der Waals surface area contributed by atoms with Crippen molar-refractivity contribution in [2.75, 3.05) is 12.5 Å². The summed E-state index contributed by atoms with van der Waals surface area (Å²) in [5.74, 6) is 6.36. The van der Waals surface area contributed by atoms with E-state index in [1.54, 1.807) is 24.3 Å². The number of methoxy groups -OCH3 is 1. The molecule has 2 rings (SSSR count). The molecule has 0 amide bonds. The summed E-state index contributed by atoms with van der Waals surface area (Å²) in [6, 6.07) is 9.23. The zero-order chi connectivity index (χ0) is 14.5. The van der Waals surface area contributed by atoms with Crippen LogP contribution in [0.3, 0.4) is 0 Å². The van der Waals surface area contributed by atoms with Crippen LogP contribution in [0.4, 0.5) is 11.5 Å². The second-order valence-electron chi connectivity index (χ2n) is 3.70. The van der Waals surface area contributed by atoms with Gasteiger partial charge in [0.2, 0.25) is 5.88 Å². The molecule has 0 aliphatic heterocycles. The summed E-state index contributed by atoms with van der Waals surface area (Å²) in [5, 5.41) is 10.9. The first-order valence-electron chi connectivity index (χ1n) is 5.58. The Morgan fingerprint density at radius 3 is 2.80 bits per heavy atom. The van der Waals surface area contributed by atoms with E-state index in [1.807, 2.05) is 0 Å². The minimum Gasteiger partial charge on any atom is -0.490 e. The molecule has 0 unspecified atom stereocenters. The smallest absolute Gasteiger partial charge is 0.314 e.